The zero-order valence-corrected chi connectivity index (χ0v) is 14.6. The molecule has 0 aliphatic rings. The Kier molecular flexibility index (Phi) is 5.65. The monoisotopic (exact) mass is 330 g/mol. The van der Waals surface area contributed by atoms with E-state index in [9.17, 15) is 9.59 Å². The van der Waals surface area contributed by atoms with Crippen molar-refractivity contribution in [1.82, 2.24) is 9.88 Å². The maximum atomic E-state index is 12.4. The number of nitrogens with zero attached hydrogens (tertiary/aromatic N) is 1. The highest BCUT2D eigenvalue weighted by Gasteiger charge is 2.30. The summed E-state index contributed by atoms with van der Waals surface area (Å²) in [6.07, 6.45) is 4.23. The van der Waals surface area contributed by atoms with Crippen LogP contribution in [0.2, 0.25) is 0 Å². The lowest BCUT2D eigenvalue weighted by molar-refractivity contribution is -0.139. The molecule has 0 fully saturated rings. The first kappa shape index (κ1) is 18.0. The molecule has 5 nitrogen and oxygen atoms in total. The van der Waals surface area contributed by atoms with E-state index in [1.807, 2.05) is 33.0 Å². The molecule has 0 spiro atoms. The van der Waals surface area contributed by atoms with Crippen molar-refractivity contribution in [2.75, 3.05) is 0 Å². The molecule has 0 saturated carbocycles. The van der Waals surface area contributed by atoms with E-state index < -0.39 is 11.5 Å². The number of fused-ring (bicyclic) bond motifs is 1. The van der Waals surface area contributed by atoms with Crippen LogP contribution in [0.4, 0.5) is 0 Å². The van der Waals surface area contributed by atoms with Gasteiger partial charge in [-0.3, -0.25) is 9.59 Å². The fraction of sp³-hybridized carbons (Fsp3) is 0.474. The van der Waals surface area contributed by atoms with Crippen LogP contribution in [-0.4, -0.2) is 27.1 Å². The lowest BCUT2D eigenvalue weighted by Gasteiger charge is -2.31. The minimum Gasteiger partial charge on any atom is -0.481 e. The number of carboxylic acid groups (broad SMARTS) is 1. The average Bonchev–Trinajstić information content (AvgIpc) is 2.88. The Morgan fingerprint density at radius 2 is 1.88 bits per heavy atom. The third-order valence-electron chi connectivity index (χ3n) is 4.85. The molecule has 0 aliphatic carbocycles. The summed E-state index contributed by atoms with van der Waals surface area (Å²) in [5.74, 6) is -0.971. The lowest BCUT2D eigenvalue weighted by atomic mass is 9.88. The summed E-state index contributed by atoms with van der Waals surface area (Å²) in [6.45, 7) is 3.83. The lowest BCUT2D eigenvalue weighted by Crippen LogP contribution is -2.49. The summed E-state index contributed by atoms with van der Waals surface area (Å²) in [7, 11) is 2.00. The molecule has 0 bridgehead atoms. The van der Waals surface area contributed by atoms with Crippen molar-refractivity contribution in [1.29, 1.82) is 0 Å². The van der Waals surface area contributed by atoms with Gasteiger partial charge in [0, 0.05) is 36.1 Å². The van der Waals surface area contributed by atoms with Gasteiger partial charge in [0.15, 0.2) is 0 Å². The summed E-state index contributed by atoms with van der Waals surface area (Å²) in [4.78, 5) is 23.5. The quantitative estimate of drug-likeness (QED) is 0.780. The van der Waals surface area contributed by atoms with Gasteiger partial charge in [-0.25, -0.2) is 0 Å². The van der Waals surface area contributed by atoms with Crippen molar-refractivity contribution in [3.63, 3.8) is 0 Å². The molecule has 2 N–H and O–H groups in total. The van der Waals surface area contributed by atoms with Gasteiger partial charge in [-0.1, -0.05) is 32.0 Å². The number of aliphatic carboxylic acids is 1. The summed E-state index contributed by atoms with van der Waals surface area (Å²) in [5.41, 5.74) is 1.64. The van der Waals surface area contributed by atoms with Crippen molar-refractivity contribution in [2.45, 2.75) is 51.5 Å². The van der Waals surface area contributed by atoms with E-state index in [2.05, 4.69) is 28.2 Å². The highest BCUT2D eigenvalue weighted by molar-refractivity contribution is 5.85. The van der Waals surface area contributed by atoms with Gasteiger partial charge in [-0.05, 0) is 30.9 Å². The number of para-hydroxylation sites is 1. The number of nitrogens with one attached hydrogen (secondary N) is 1. The number of rotatable bonds is 8. The van der Waals surface area contributed by atoms with Crippen LogP contribution in [0, 0.1) is 0 Å². The number of hydrogen-bond donors (Lipinski definition) is 2. The minimum absolute atomic E-state index is 0.0417. The van der Waals surface area contributed by atoms with Crippen LogP contribution in [0.1, 0.15) is 45.1 Å². The second-order valence-electron chi connectivity index (χ2n) is 6.39. The van der Waals surface area contributed by atoms with Gasteiger partial charge >= 0.3 is 5.97 Å². The predicted octanol–water partition coefficient (Wildman–Crippen LogP) is 3.26. The number of carbonyl (C=O) groups is 2. The van der Waals surface area contributed by atoms with Gasteiger partial charge in [0.25, 0.3) is 0 Å². The summed E-state index contributed by atoms with van der Waals surface area (Å²) < 4.78 is 2.06. The zero-order valence-electron chi connectivity index (χ0n) is 14.6. The third kappa shape index (κ3) is 3.96. The first-order valence-electron chi connectivity index (χ1n) is 8.46. The largest absolute Gasteiger partial charge is 0.481 e. The number of carboxylic acids is 1. The van der Waals surface area contributed by atoms with Crippen molar-refractivity contribution in [3.8, 4) is 0 Å². The van der Waals surface area contributed by atoms with E-state index in [0.717, 1.165) is 16.5 Å². The van der Waals surface area contributed by atoms with Crippen molar-refractivity contribution in [2.24, 2.45) is 7.05 Å². The van der Waals surface area contributed by atoms with E-state index in [-0.39, 0.29) is 12.3 Å². The van der Waals surface area contributed by atoms with Gasteiger partial charge in [-0.2, -0.15) is 0 Å². The summed E-state index contributed by atoms with van der Waals surface area (Å²) in [6, 6.07) is 8.12. The number of amides is 1. The van der Waals surface area contributed by atoms with Gasteiger partial charge in [-0.15, -0.1) is 0 Å². The second-order valence-corrected chi connectivity index (χ2v) is 6.39. The Morgan fingerprint density at radius 1 is 1.21 bits per heavy atom. The topological polar surface area (TPSA) is 71.3 Å². The second kappa shape index (κ2) is 7.51. The SMILES string of the molecule is CCC(CC)(CC(=O)O)NC(=O)CCc1cn(C)c2ccccc12. The van der Waals surface area contributed by atoms with Crippen LogP contribution >= 0.6 is 0 Å². The number of carbonyl (C=O) groups excluding carboxylic acids is 1. The zero-order chi connectivity index (χ0) is 17.7. The molecule has 0 aliphatic heterocycles. The van der Waals surface area contributed by atoms with Gasteiger partial charge in [0.2, 0.25) is 5.91 Å². The first-order chi connectivity index (χ1) is 11.4. The molecule has 0 radical (unpaired) electrons. The minimum atomic E-state index is -0.881. The molecule has 0 saturated heterocycles. The smallest absolute Gasteiger partial charge is 0.305 e. The van der Waals surface area contributed by atoms with Crippen LogP contribution in [-0.2, 0) is 23.1 Å². The van der Waals surface area contributed by atoms with E-state index in [4.69, 9.17) is 5.11 Å². The van der Waals surface area contributed by atoms with Crippen LogP contribution < -0.4 is 5.32 Å². The fourth-order valence-electron chi connectivity index (χ4n) is 3.24. The van der Waals surface area contributed by atoms with E-state index >= 15 is 0 Å². The standard InChI is InChI=1S/C19H26N2O3/c1-4-19(5-2,12-18(23)24)20-17(22)11-10-14-13-21(3)16-9-7-6-8-15(14)16/h6-9,13H,4-5,10-12H2,1-3H3,(H,20,22)(H,23,24). The van der Waals surface area contributed by atoms with Gasteiger partial charge < -0.3 is 15.0 Å². The van der Waals surface area contributed by atoms with Crippen LogP contribution in [0.25, 0.3) is 10.9 Å². The molecule has 2 rings (SSSR count). The highest BCUT2D eigenvalue weighted by atomic mass is 16.4. The Morgan fingerprint density at radius 3 is 2.50 bits per heavy atom. The highest BCUT2D eigenvalue weighted by Crippen LogP contribution is 2.23. The predicted molar refractivity (Wildman–Crippen MR) is 94.9 cm³/mol. The number of hydrogen-bond acceptors (Lipinski definition) is 2. The average molecular weight is 330 g/mol. The van der Waals surface area contributed by atoms with Gasteiger partial charge in [0.05, 0.1) is 6.42 Å². The molecular weight excluding hydrogens is 304 g/mol. The number of benzene rings is 1. The van der Waals surface area contributed by atoms with Crippen molar-refractivity contribution >= 4 is 22.8 Å². The summed E-state index contributed by atoms with van der Waals surface area (Å²) in [5, 5.41) is 13.2. The molecule has 1 aromatic carbocycles. The van der Waals surface area contributed by atoms with Crippen LogP contribution in [0.15, 0.2) is 30.5 Å². The Hall–Kier alpha value is -2.30. The number of aromatic nitrogens is 1. The van der Waals surface area contributed by atoms with Crippen LogP contribution in [0.3, 0.4) is 0 Å². The molecule has 24 heavy (non-hydrogen) atoms. The number of aryl methyl sites for hydroxylation is 2. The van der Waals surface area contributed by atoms with Crippen molar-refractivity contribution < 1.29 is 14.7 Å². The van der Waals surface area contributed by atoms with E-state index in [1.165, 1.54) is 0 Å². The third-order valence-corrected chi connectivity index (χ3v) is 4.85. The Bertz CT molecular complexity index is 729. The van der Waals surface area contributed by atoms with E-state index in [0.29, 0.717) is 25.7 Å². The Balaban J connectivity index is 2.05. The first-order valence-corrected chi connectivity index (χ1v) is 8.46. The van der Waals surface area contributed by atoms with Crippen molar-refractivity contribution in [3.05, 3.63) is 36.0 Å². The summed E-state index contributed by atoms with van der Waals surface area (Å²) >= 11 is 0. The molecule has 1 aromatic heterocycles. The molecule has 2 aromatic rings. The molecular formula is C19H26N2O3. The normalized spacial score (nSPS) is 11.6. The molecule has 130 valence electrons. The molecule has 1 amide bonds. The Labute approximate surface area is 142 Å². The van der Waals surface area contributed by atoms with Crippen LogP contribution in [0.5, 0.6) is 0 Å². The fourth-order valence-corrected chi connectivity index (χ4v) is 3.24. The maximum absolute atomic E-state index is 12.4. The molecule has 0 atom stereocenters. The molecule has 5 heteroatoms. The van der Waals surface area contributed by atoms with E-state index in [1.54, 1.807) is 0 Å². The maximum Gasteiger partial charge on any atom is 0.305 e. The molecule has 1 heterocycles. The van der Waals surface area contributed by atoms with Gasteiger partial charge in [0.1, 0.15) is 0 Å². The molecule has 0 unspecified atom stereocenters.